The van der Waals surface area contributed by atoms with Crippen LogP contribution in [0.5, 0.6) is 0 Å². The summed E-state index contributed by atoms with van der Waals surface area (Å²) >= 11 is 1.72. The second kappa shape index (κ2) is 5.87. The molecule has 0 aliphatic carbocycles. The van der Waals surface area contributed by atoms with Gasteiger partial charge in [-0.15, -0.1) is 11.3 Å². The minimum absolute atomic E-state index is 0.629. The lowest BCUT2D eigenvalue weighted by molar-refractivity contribution is 0.264. The Morgan fingerprint density at radius 3 is 2.76 bits per heavy atom. The minimum atomic E-state index is 0.629. The number of rotatable bonds is 2. The van der Waals surface area contributed by atoms with Crippen molar-refractivity contribution in [3.05, 3.63) is 16.3 Å². The number of thiophene rings is 1. The highest BCUT2D eigenvalue weighted by Gasteiger charge is 2.16. The first-order chi connectivity index (χ1) is 10.0. The van der Waals surface area contributed by atoms with E-state index in [1.807, 2.05) is 0 Å². The number of hydrogen-bond acceptors (Lipinski definition) is 6. The molecule has 5 nitrogen and oxygen atoms in total. The maximum atomic E-state index is 6.16. The first-order valence-corrected chi connectivity index (χ1v) is 8.29. The van der Waals surface area contributed by atoms with Gasteiger partial charge in [-0.1, -0.05) is 0 Å². The summed E-state index contributed by atoms with van der Waals surface area (Å²) in [4.78, 5) is 16.4. The van der Waals surface area contributed by atoms with E-state index in [0.29, 0.717) is 5.82 Å². The van der Waals surface area contributed by atoms with Crippen LogP contribution in [-0.4, -0.2) is 53.0 Å². The van der Waals surface area contributed by atoms with Crippen molar-refractivity contribution in [3.63, 3.8) is 0 Å². The molecule has 0 amide bonds. The number of likely N-dealkylation sites (N-methyl/N-ethyl adjacent to an activating group) is 1. The van der Waals surface area contributed by atoms with Gasteiger partial charge in [-0.05, 0) is 46.0 Å². The molecule has 1 fully saturated rings. The largest absolute Gasteiger partial charge is 0.383 e. The Labute approximate surface area is 129 Å². The topological polar surface area (TPSA) is 58.3 Å². The van der Waals surface area contributed by atoms with Crippen molar-refractivity contribution in [3.8, 4) is 0 Å². The monoisotopic (exact) mass is 305 g/mol. The van der Waals surface area contributed by atoms with Crippen LogP contribution >= 0.6 is 11.3 Å². The Morgan fingerprint density at radius 2 is 1.95 bits per heavy atom. The van der Waals surface area contributed by atoms with Gasteiger partial charge in [0.15, 0.2) is 0 Å². The van der Waals surface area contributed by atoms with Crippen molar-refractivity contribution in [2.24, 2.45) is 0 Å². The van der Waals surface area contributed by atoms with Gasteiger partial charge in [-0.2, -0.15) is 0 Å². The Hall–Kier alpha value is -1.24. The summed E-state index contributed by atoms with van der Waals surface area (Å²) in [6, 6.07) is 0. The van der Waals surface area contributed by atoms with Crippen molar-refractivity contribution < 1.29 is 0 Å². The summed E-state index contributed by atoms with van der Waals surface area (Å²) in [6.45, 7) is 9.46. The number of anilines is 1. The molecule has 1 aliphatic heterocycles. The van der Waals surface area contributed by atoms with Crippen LogP contribution in [0.15, 0.2) is 0 Å². The summed E-state index contributed by atoms with van der Waals surface area (Å²) in [7, 11) is 2.18. The molecular weight excluding hydrogens is 282 g/mol. The highest BCUT2D eigenvalue weighted by Crippen LogP contribution is 2.31. The molecule has 0 spiro atoms. The first-order valence-electron chi connectivity index (χ1n) is 7.47. The maximum absolute atomic E-state index is 6.16. The van der Waals surface area contributed by atoms with Crippen molar-refractivity contribution in [1.29, 1.82) is 0 Å². The number of aromatic nitrogens is 2. The molecule has 0 aromatic carbocycles. The standard InChI is InChI=1S/C15H23N5S/c1-10-11(2)21-15-13(10)14(16)17-12(18-15)9-20-6-4-5-19(3)7-8-20/h4-9H2,1-3H3,(H2,16,17,18). The molecule has 2 N–H and O–H groups in total. The van der Waals surface area contributed by atoms with Gasteiger partial charge in [0.2, 0.25) is 0 Å². The molecule has 3 rings (SSSR count). The third-order valence-corrected chi connectivity index (χ3v) is 5.38. The SMILES string of the molecule is Cc1sc2nc(CN3CCCN(C)CC3)nc(N)c2c1C. The van der Waals surface area contributed by atoms with Gasteiger partial charge in [0, 0.05) is 18.0 Å². The highest BCUT2D eigenvalue weighted by molar-refractivity contribution is 7.18. The molecular formula is C15H23N5S. The van der Waals surface area contributed by atoms with E-state index < -0.39 is 0 Å². The van der Waals surface area contributed by atoms with Gasteiger partial charge in [-0.25, -0.2) is 9.97 Å². The van der Waals surface area contributed by atoms with Gasteiger partial charge < -0.3 is 10.6 Å². The normalized spacial score (nSPS) is 18.2. The Bertz CT molecular complexity index is 651. The van der Waals surface area contributed by atoms with Crippen LogP contribution in [0.25, 0.3) is 10.2 Å². The minimum Gasteiger partial charge on any atom is -0.383 e. The number of aryl methyl sites for hydroxylation is 2. The number of nitrogens with zero attached hydrogens (tertiary/aromatic N) is 4. The van der Waals surface area contributed by atoms with Crippen LogP contribution in [0.3, 0.4) is 0 Å². The Kier molecular flexibility index (Phi) is 4.10. The molecule has 114 valence electrons. The summed E-state index contributed by atoms with van der Waals surface area (Å²) in [6.07, 6.45) is 1.20. The van der Waals surface area contributed by atoms with Crippen LogP contribution in [0, 0.1) is 13.8 Å². The number of hydrogen-bond donors (Lipinski definition) is 1. The molecule has 0 unspecified atom stereocenters. The lowest BCUT2D eigenvalue weighted by atomic mass is 10.2. The maximum Gasteiger partial charge on any atom is 0.146 e. The smallest absolute Gasteiger partial charge is 0.146 e. The third kappa shape index (κ3) is 3.02. The molecule has 0 saturated carbocycles. The fraction of sp³-hybridized carbons (Fsp3) is 0.600. The van der Waals surface area contributed by atoms with Gasteiger partial charge in [0.1, 0.15) is 16.5 Å². The Balaban J connectivity index is 1.84. The van der Waals surface area contributed by atoms with Gasteiger partial charge in [0.05, 0.1) is 11.9 Å². The quantitative estimate of drug-likeness (QED) is 0.920. The highest BCUT2D eigenvalue weighted by atomic mass is 32.1. The second-order valence-corrected chi connectivity index (χ2v) is 7.12. The van der Waals surface area contributed by atoms with E-state index >= 15 is 0 Å². The zero-order valence-electron chi connectivity index (χ0n) is 13.0. The van der Waals surface area contributed by atoms with Crippen LogP contribution in [0.2, 0.25) is 0 Å². The van der Waals surface area contributed by atoms with E-state index in [9.17, 15) is 0 Å². The fourth-order valence-electron chi connectivity index (χ4n) is 2.86. The molecule has 1 saturated heterocycles. The molecule has 2 aromatic rings. The van der Waals surface area contributed by atoms with Crippen LogP contribution in [0.1, 0.15) is 22.7 Å². The molecule has 1 aliphatic rings. The van der Waals surface area contributed by atoms with E-state index in [4.69, 9.17) is 10.7 Å². The van der Waals surface area contributed by atoms with Gasteiger partial charge in [0.25, 0.3) is 0 Å². The van der Waals surface area contributed by atoms with Crippen LogP contribution in [-0.2, 0) is 6.54 Å². The zero-order chi connectivity index (χ0) is 15.0. The van der Waals surface area contributed by atoms with Crippen molar-refractivity contribution >= 4 is 27.4 Å². The van der Waals surface area contributed by atoms with E-state index in [1.54, 1.807) is 11.3 Å². The average molecular weight is 305 g/mol. The summed E-state index contributed by atoms with van der Waals surface area (Å²) < 4.78 is 0. The van der Waals surface area contributed by atoms with Crippen LogP contribution in [0.4, 0.5) is 5.82 Å². The van der Waals surface area contributed by atoms with Crippen molar-refractivity contribution in [2.45, 2.75) is 26.8 Å². The van der Waals surface area contributed by atoms with E-state index in [1.165, 1.54) is 23.4 Å². The summed E-state index contributed by atoms with van der Waals surface area (Å²) in [5, 5.41) is 1.04. The second-order valence-electron chi connectivity index (χ2n) is 5.92. The lowest BCUT2D eigenvalue weighted by Gasteiger charge is -2.19. The first kappa shape index (κ1) is 14.7. The third-order valence-electron chi connectivity index (χ3n) is 4.28. The van der Waals surface area contributed by atoms with Gasteiger partial charge in [-0.3, -0.25) is 4.90 Å². The molecule has 3 heterocycles. The Morgan fingerprint density at radius 1 is 1.14 bits per heavy atom. The molecule has 21 heavy (non-hydrogen) atoms. The zero-order valence-corrected chi connectivity index (χ0v) is 13.8. The number of nitrogens with two attached hydrogens (primary N) is 1. The van der Waals surface area contributed by atoms with Gasteiger partial charge >= 0.3 is 0 Å². The molecule has 0 atom stereocenters. The summed E-state index contributed by atoms with van der Waals surface area (Å²) in [5.74, 6) is 1.48. The molecule has 0 bridgehead atoms. The molecule has 6 heteroatoms. The fourth-order valence-corrected chi connectivity index (χ4v) is 3.91. The van der Waals surface area contributed by atoms with Crippen molar-refractivity contribution in [2.75, 3.05) is 39.0 Å². The van der Waals surface area contributed by atoms with E-state index in [-0.39, 0.29) is 0 Å². The lowest BCUT2D eigenvalue weighted by Crippen LogP contribution is -2.29. The molecule has 0 radical (unpaired) electrons. The number of fused-ring (bicyclic) bond motifs is 1. The van der Waals surface area contributed by atoms with E-state index in [0.717, 1.165) is 42.2 Å². The predicted molar refractivity (Wildman–Crippen MR) is 88.7 cm³/mol. The predicted octanol–water partition coefficient (Wildman–Crippen LogP) is 2.03. The van der Waals surface area contributed by atoms with E-state index in [2.05, 4.69) is 35.7 Å². The molecule has 2 aromatic heterocycles. The number of nitrogen functional groups attached to an aromatic ring is 1. The summed E-state index contributed by atoms with van der Waals surface area (Å²) in [5.41, 5.74) is 7.38. The average Bonchev–Trinajstić information content (AvgIpc) is 2.59. The van der Waals surface area contributed by atoms with Crippen LogP contribution < -0.4 is 5.73 Å². The van der Waals surface area contributed by atoms with Crippen molar-refractivity contribution in [1.82, 2.24) is 19.8 Å².